The number of rotatable bonds is 7. The fourth-order valence-corrected chi connectivity index (χ4v) is 6.35. The van der Waals surface area contributed by atoms with Crippen molar-refractivity contribution in [2.75, 3.05) is 52.5 Å². The second-order valence-corrected chi connectivity index (χ2v) is 10.8. The number of Topliss-reactive ketones (excluding diaryl/α,β-unsaturated/α-hetero) is 1. The Balaban J connectivity index is 1.47. The van der Waals surface area contributed by atoms with Gasteiger partial charge in [0.1, 0.15) is 13.1 Å². The van der Waals surface area contributed by atoms with Crippen molar-refractivity contribution in [2.45, 2.75) is 40.2 Å². The minimum absolute atomic E-state index is 0.0505. The summed E-state index contributed by atoms with van der Waals surface area (Å²) in [7, 11) is 0. The number of benzene rings is 1. The van der Waals surface area contributed by atoms with E-state index in [2.05, 4.69) is 56.0 Å². The van der Waals surface area contributed by atoms with Crippen LogP contribution in [0.1, 0.15) is 44.7 Å². The van der Waals surface area contributed by atoms with Crippen LogP contribution in [0.4, 0.5) is 0 Å². The van der Waals surface area contributed by atoms with Gasteiger partial charge in [0.25, 0.3) is 0 Å². The number of aliphatic hydroxyl groups excluding tert-OH is 2. The lowest BCUT2D eigenvalue weighted by Crippen LogP contribution is -2.60. The summed E-state index contributed by atoms with van der Waals surface area (Å²) in [5, 5.41) is 18.9. The Morgan fingerprint density at radius 1 is 1.10 bits per heavy atom. The predicted molar refractivity (Wildman–Crippen MR) is 123 cm³/mol. The van der Waals surface area contributed by atoms with Gasteiger partial charge in [-0.25, -0.2) is 0 Å². The van der Waals surface area contributed by atoms with Crippen LogP contribution in [0.25, 0.3) is 6.08 Å². The molecule has 3 aliphatic rings. The maximum atomic E-state index is 13.1. The number of β-amino-alcohol motifs (C(OH)–C–C–N with tert-alkyl or cyclic N) is 1. The van der Waals surface area contributed by atoms with Gasteiger partial charge in [-0.3, -0.25) is 9.69 Å². The van der Waals surface area contributed by atoms with Crippen molar-refractivity contribution in [1.82, 2.24) is 4.90 Å². The molecule has 1 aliphatic heterocycles. The van der Waals surface area contributed by atoms with Gasteiger partial charge in [-0.15, -0.1) is 0 Å². The summed E-state index contributed by atoms with van der Waals surface area (Å²) in [5.74, 6) is 0.726. The van der Waals surface area contributed by atoms with Gasteiger partial charge in [0, 0.05) is 30.6 Å². The van der Waals surface area contributed by atoms with E-state index in [4.69, 9.17) is 0 Å². The fourth-order valence-electron chi connectivity index (χ4n) is 6.35. The average Bonchev–Trinajstić information content (AvgIpc) is 3.05. The van der Waals surface area contributed by atoms with Gasteiger partial charge in [-0.1, -0.05) is 45.0 Å². The number of fused-ring (bicyclic) bond motifs is 2. The molecule has 1 heterocycles. The van der Waals surface area contributed by atoms with Crippen molar-refractivity contribution in [3.63, 3.8) is 0 Å². The smallest absolute Gasteiger partial charge is 0.165 e. The van der Waals surface area contributed by atoms with E-state index in [1.807, 2.05) is 0 Å². The molecule has 0 radical (unpaired) electrons. The molecule has 4 rings (SSSR count). The zero-order valence-corrected chi connectivity index (χ0v) is 19.4. The molecule has 2 unspecified atom stereocenters. The van der Waals surface area contributed by atoms with Crippen LogP contribution in [0.5, 0.6) is 0 Å². The SMILES string of the molecule is CC12CCC(C(=Cc3ccc(C[N+]4(CCO)CCN(CCO)CC4)cc3)C1=O)C2(C)C. The van der Waals surface area contributed by atoms with Crippen LogP contribution in [0.15, 0.2) is 29.8 Å². The molecule has 31 heavy (non-hydrogen) atoms. The van der Waals surface area contributed by atoms with Crippen LogP contribution < -0.4 is 0 Å². The van der Waals surface area contributed by atoms with E-state index in [9.17, 15) is 15.0 Å². The molecular formula is C26H39N2O3+. The highest BCUT2D eigenvalue weighted by molar-refractivity contribution is 6.07. The molecule has 1 aromatic carbocycles. The third-order valence-corrected chi connectivity index (χ3v) is 8.96. The minimum Gasteiger partial charge on any atom is -0.395 e. The largest absolute Gasteiger partial charge is 0.395 e. The number of hydrogen-bond donors (Lipinski definition) is 2. The molecule has 0 spiro atoms. The Labute approximate surface area is 187 Å². The van der Waals surface area contributed by atoms with E-state index in [0.717, 1.165) is 74.3 Å². The molecule has 1 saturated heterocycles. The molecule has 5 heteroatoms. The maximum absolute atomic E-state index is 13.1. The number of piperazine rings is 1. The minimum atomic E-state index is -0.206. The Morgan fingerprint density at radius 2 is 1.77 bits per heavy atom. The summed E-state index contributed by atoms with van der Waals surface area (Å²) >= 11 is 0. The van der Waals surface area contributed by atoms with Crippen molar-refractivity contribution in [2.24, 2.45) is 16.7 Å². The highest BCUT2D eigenvalue weighted by Gasteiger charge is 2.63. The first-order valence-corrected chi connectivity index (χ1v) is 11.9. The molecular weight excluding hydrogens is 388 g/mol. The van der Waals surface area contributed by atoms with Crippen LogP contribution in [0.2, 0.25) is 0 Å². The second kappa shape index (κ2) is 8.43. The number of allylic oxidation sites excluding steroid dienone is 1. The Morgan fingerprint density at radius 3 is 2.32 bits per heavy atom. The van der Waals surface area contributed by atoms with Gasteiger partial charge < -0.3 is 14.7 Å². The van der Waals surface area contributed by atoms with Gasteiger partial charge in [0.05, 0.1) is 26.3 Å². The first kappa shape index (κ1) is 22.7. The summed E-state index contributed by atoms with van der Waals surface area (Å²) in [4.78, 5) is 15.4. The number of hydrogen-bond acceptors (Lipinski definition) is 4. The van der Waals surface area contributed by atoms with Gasteiger partial charge in [-0.2, -0.15) is 0 Å². The molecule has 2 N–H and O–H groups in total. The monoisotopic (exact) mass is 427 g/mol. The summed E-state index contributed by atoms with van der Waals surface area (Å²) in [6.45, 7) is 13.4. The number of nitrogens with zero attached hydrogens (tertiary/aromatic N) is 2. The highest BCUT2D eigenvalue weighted by atomic mass is 16.3. The molecule has 2 bridgehead atoms. The van der Waals surface area contributed by atoms with E-state index < -0.39 is 0 Å². The molecule has 3 fully saturated rings. The van der Waals surface area contributed by atoms with Crippen molar-refractivity contribution >= 4 is 11.9 Å². The topological polar surface area (TPSA) is 60.8 Å². The third-order valence-electron chi connectivity index (χ3n) is 8.96. The molecule has 2 atom stereocenters. The summed E-state index contributed by atoms with van der Waals surface area (Å²) in [5.41, 5.74) is 3.26. The second-order valence-electron chi connectivity index (χ2n) is 10.8. The standard InChI is InChI=1S/C26H39N2O3/c1-25(2)23-8-9-26(25,3)24(31)22(23)18-20-4-6-21(7-5-20)19-28(15-17-30)13-10-27(11-14-28)12-16-29/h4-7,18,23,29-30H,8-17,19H2,1-3H3/q+1. The maximum Gasteiger partial charge on any atom is 0.165 e. The van der Waals surface area contributed by atoms with E-state index >= 15 is 0 Å². The number of ketones is 1. The van der Waals surface area contributed by atoms with Gasteiger partial charge >= 0.3 is 0 Å². The Hall–Kier alpha value is -1.53. The van der Waals surface area contributed by atoms with Gasteiger partial charge in [0.15, 0.2) is 5.78 Å². The number of quaternary nitrogens is 1. The first-order chi connectivity index (χ1) is 14.7. The fraction of sp³-hybridized carbons (Fsp3) is 0.654. The lowest BCUT2D eigenvalue weighted by atomic mass is 9.70. The molecule has 0 amide bonds. The molecule has 170 valence electrons. The quantitative estimate of drug-likeness (QED) is 0.519. The number of carbonyl (C=O) groups excluding carboxylic acids is 1. The first-order valence-electron chi connectivity index (χ1n) is 11.9. The Kier molecular flexibility index (Phi) is 6.16. The van der Waals surface area contributed by atoms with Crippen molar-refractivity contribution < 1.29 is 19.5 Å². The van der Waals surface area contributed by atoms with Crippen LogP contribution in [0, 0.1) is 16.7 Å². The summed E-state index contributed by atoms with van der Waals surface area (Å²) in [6, 6.07) is 8.67. The van der Waals surface area contributed by atoms with E-state index in [1.54, 1.807) is 0 Å². The van der Waals surface area contributed by atoms with Crippen LogP contribution in [-0.2, 0) is 11.3 Å². The summed E-state index contributed by atoms with van der Waals surface area (Å²) in [6.07, 6.45) is 4.27. The molecule has 0 aromatic heterocycles. The van der Waals surface area contributed by atoms with Gasteiger partial charge in [-0.05, 0) is 41.4 Å². The normalized spacial score (nSPS) is 30.9. The van der Waals surface area contributed by atoms with Crippen molar-refractivity contribution in [3.05, 3.63) is 41.0 Å². The Bertz CT molecular complexity index is 837. The zero-order valence-electron chi connectivity index (χ0n) is 19.4. The van der Waals surface area contributed by atoms with Crippen LogP contribution in [-0.4, -0.2) is 77.9 Å². The lowest BCUT2D eigenvalue weighted by Gasteiger charge is -2.44. The summed E-state index contributed by atoms with van der Waals surface area (Å²) < 4.78 is 0.895. The molecule has 5 nitrogen and oxygen atoms in total. The molecule has 1 aromatic rings. The highest BCUT2D eigenvalue weighted by Crippen LogP contribution is 2.65. The number of carbonyl (C=O) groups is 1. The van der Waals surface area contributed by atoms with Gasteiger partial charge in [0.2, 0.25) is 0 Å². The average molecular weight is 428 g/mol. The van der Waals surface area contributed by atoms with E-state index in [-0.39, 0.29) is 24.0 Å². The zero-order chi connectivity index (χ0) is 22.3. The number of aliphatic hydroxyl groups is 2. The molecule has 2 saturated carbocycles. The van der Waals surface area contributed by atoms with E-state index in [1.165, 1.54) is 5.56 Å². The third kappa shape index (κ3) is 3.91. The van der Waals surface area contributed by atoms with Crippen LogP contribution >= 0.6 is 0 Å². The van der Waals surface area contributed by atoms with E-state index in [0.29, 0.717) is 11.7 Å². The lowest BCUT2D eigenvalue weighted by molar-refractivity contribution is -0.944. The van der Waals surface area contributed by atoms with Crippen molar-refractivity contribution in [3.8, 4) is 0 Å². The van der Waals surface area contributed by atoms with Crippen molar-refractivity contribution in [1.29, 1.82) is 0 Å². The predicted octanol–water partition coefficient (Wildman–Crippen LogP) is 2.71. The molecule has 2 aliphatic carbocycles. The van der Waals surface area contributed by atoms with Crippen LogP contribution in [0.3, 0.4) is 0 Å².